The van der Waals surface area contributed by atoms with Gasteiger partial charge in [0.05, 0.1) is 6.10 Å². The van der Waals surface area contributed by atoms with Gasteiger partial charge in [-0.05, 0) is 29.2 Å². The monoisotopic (exact) mass is 313 g/mol. The van der Waals surface area contributed by atoms with E-state index < -0.39 is 6.10 Å². The zero-order valence-electron chi connectivity index (χ0n) is 9.60. The first-order valence-electron chi connectivity index (χ1n) is 5.34. The van der Waals surface area contributed by atoms with E-state index >= 15 is 0 Å². The van der Waals surface area contributed by atoms with Gasteiger partial charge in [0.2, 0.25) is 0 Å². The summed E-state index contributed by atoms with van der Waals surface area (Å²) < 4.78 is 3.87. The molecule has 2 rings (SSSR count). The van der Waals surface area contributed by atoms with Gasteiger partial charge in [0.1, 0.15) is 16.6 Å². The third-order valence-corrected chi connectivity index (χ3v) is 3.90. The Morgan fingerprint density at radius 1 is 1.37 bits per heavy atom. The van der Waals surface area contributed by atoms with E-state index in [4.69, 9.17) is 28.5 Å². The number of nitriles is 1. The molecule has 0 fully saturated rings. The van der Waals surface area contributed by atoms with Gasteiger partial charge in [-0.3, -0.25) is 0 Å². The number of benzene rings is 1. The van der Waals surface area contributed by atoms with Crippen molar-refractivity contribution in [2.24, 2.45) is 0 Å². The molecule has 0 aliphatic heterocycles. The van der Waals surface area contributed by atoms with E-state index in [2.05, 4.69) is 9.69 Å². The van der Waals surface area contributed by atoms with Gasteiger partial charge < -0.3 is 10.4 Å². The van der Waals surface area contributed by atoms with E-state index in [9.17, 15) is 5.11 Å². The van der Waals surface area contributed by atoms with Crippen molar-refractivity contribution in [1.82, 2.24) is 4.37 Å². The van der Waals surface area contributed by atoms with Crippen molar-refractivity contribution in [2.45, 2.75) is 6.10 Å². The minimum absolute atomic E-state index is 0.177. The van der Waals surface area contributed by atoms with Crippen LogP contribution in [0.15, 0.2) is 24.3 Å². The van der Waals surface area contributed by atoms with E-state index in [-0.39, 0.29) is 11.7 Å². The highest BCUT2D eigenvalue weighted by atomic mass is 35.5. The maximum atomic E-state index is 10.0. The normalized spacial score (nSPS) is 11.9. The fourth-order valence-electron chi connectivity index (χ4n) is 1.48. The van der Waals surface area contributed by atoms with Gasteiger partial charge in [0.15, 0.2) is 5.15 Å². The number of nitrogens with one attached hydrogen (secondary N) is 1. The summed E-state index contributed by atoms with van der Waals surface area (Å²) in [5, 5.41) is 23.2. The van der Waals surface area contributed by atoms with Crippen LogP contribution in [0.2, 0.25) is 10.2 Å². The minimum atomic E-state index is -0.704. The molecule has 0 aliphatic carbocycles. The van der Waals surface area contributed by atoms with E-state index in [0.717, 1.165) is 17.1 Å². The van der Waals surface area contributed by atoms with Gasteiger partial charge in [-0.15, -0.1) is 0 Å². The molecule has 0 saturated heterocycles. The molecule has 2 N–H and O–H groups in total. The number of aliphatic hydroxyl groups excluding tert-OH is 1. The summed E-state index contributed by atoms with van der Waals surface area (Å²) >= 11 is 12.6. The zero-order valence-corrected chi connectivity index (χ0v) is 11.9. The van der Waals surface area contributed by atoms with Gasteiger partial charge in [-0.25, -0.2) is 0 Å². The highest BCUT2D eigenvalue weighted by molar-refractivity contribution is 7.10. The minimum Gasteiger partial charge on any atom is -0.387 e. The van der Waals surface area contributed by atoms with Crippen LogP contribution in [0.3, 0.4) is 0 Å². The molecule has 0 amide bonds. The van der Waals surface area contributed by atoms with Crippen LogP contribution in [0.25, 0.3) is 0 Å². The summed E-state index contributed by atoms with van der Waals surface area (Å²) in [5.74, 6) is 0. The van der Waals surface area contributed by atoms with Crippen molar-refractivity contribution in [3.8, 4) is 6.07 Å². The van der Waals surface area contributed by atoms with E-state index in [0.29, 0.717) is 15.6 Å². The summed E-state index contributed by atoms with van der Waals surface area (Å²) in [6.45, 7) is 0.259. The topological polar surface area (TPSA) is 68.9 Å². The van der Waals surface area contributed by atoms with E-state index in [1.807, 2.05) is 6.07 Å². The Labute approximate surface area is 124 Å². The summed E-state index contributed by atoms with van der Waals surface area (Å²) in [7, 11) is 0. The molecule has 0 saturated carbocycles. The maximum Gasteiger partial charge on any atom is 0.162 e. The van der Waals surface area contributed by atoms with Crippen molar-refractivity contribution < 1.29 is 5.11 Å². The first-order chi connectivity index (χ1) is 9.11. The number of anilines is 1. The lowest BCUT2D eigenvalue weighted by atomic mass is 10.1. The number of nitrogens with zero attached hydrogens (tertiary/aromatic N) is 2. The van der Waals surface area contributed by atoms with Crippen molar-refractivity contribution in [1.29, 1.82) is 5.26 Å². The van der Waals surface area contributed by atoms with Crippen LogP contribution in [0.1, 0.15) is 17.2 Å². The number of rotatable bonds is 4. The fraction of sp³-hybridized carbons (Fsp3) is 0.167. The Morgan fingerprint density at radius 2 is 2.05 bits per heavy atom. The summed E-state index contributed by atoms with van der Waals surface area (Å²) in [6.07, 6.45) is -0.704. The Balaban J connectivity index is 2.02. The molecule has 1 aromatic heterocycles. The lowest BCUT2D eigenvalue weighted by Gasteiger charge is -2.12. The van der Waals surface area contributed by atoms with Gasteiger partial charge in [-0.2, -0.15) is 9.64 Å². The zero-order chi connectivity index (χ0) is 13.8. The quantitative estimate of drug-likeness (QED) is 0.906. The van der Waals surface area contributed by atoms with Gasteiger partial charge in [0, 0.05) is 11.6 Å². The molecule has 7 heteroatoms. The first kappa shape index (κ1) is 14.1. The highest BCUT2D eigenvalue weighted by Crippen LogP contribution is 2.28. The molecule has 1 aromatic carbocycles. The number of aromatic nitrogens is 1. The summed E-state index contributed by atoms with van der Waals surface area (Å²) in [6, 6.07) is 8.89. The standard InChI is InChI=1S/C12H9Cl2N3OS/c13-8-3-1-7(2-4-8)10(18)6-16-12-9(5-15)11(14)17-19-12/h1-4,10,16,18H,6H2/t10-/m1/s1. The predicted molar refractivity (Wildman–Crippen MR) is 76.7 cm³/mol. The molecule has 0 bridgehead atoms. The first-order valence-corrected chi connectivity index (χ1v) is 6.87. The molecule has 4 nitrogen and oxygen atoms in total. The van der Waals surface area contributed by atoms with Crippen molar-refractivity contribution >= 4 is 39.7 Å². The highest BCUT2D eigenvalue weighted by Gasteiger charge is 2.13. The lowest BCUT2D eigenvalue weighted by Crippen LogP contribution is -2.11. The van der Waals surface area contributed by atoms with Crippen LogP contribution in [-0.4, -0.2) is 16.0 Å². The van der Waals surface area contributed by atoms with Crippen molar-refractivity contribution in [3.05, 3.63) is 45.6 Å². The van der Waals surface area contributed by atoms with Crippen LogP contribution >= 0.6 is 34.7 Å². The molecular weight excluding hydrogens is 305 g/mol. The fourth-order valence-corrected chi connectivity index (χ4v) is 2.55. The second-order valence-corrected chi connectivity index (χ2v) is 5.31. The largest absolute Gasteiger partial charge is 0.387 e. The van der Waals surface area contributed by atoms with Crippen molar-refractivity contribution in [2.75, 3.05) is 11.9 Å². The Morgan fingerprint density at radius 3 is 2.68 bits per heavy atom. The lowest BCUT2D eigenvalue weighted by molar-refractivity contribution is 0.191. The average molecular weight is 314 g/mol. The Kier molecular flexibility index (Phi) is 4.61. The summed E-state index contributed by atoms with van der Waals surface area (Å²) in [4.78, 5) is 0. The molecule has 1 heterocycles. The third-order valence-electron chi connectivity index (χ3n) is 2.47. The van der Waals surface area contributed by atoms with Crippen LogP contribution in [0, 0.1) is 11.3 Å². The molecule has 0 unspecified atom stereocenters. The molecule has 0 radical (unpaired) electrons. The molecular formula is C12H9Cl2N3OS. The molecule has 98 valence electrons. The molecule has 0 aliphatic rings. The maximum absolute atomic E-state index is 10.0. The Bertz CT molecular complexity index is 606. The van der Waals surface area contributed by atoms with Crippen LogP contribution < -0.4 is 5.32 Å². The predicted octanol–water partition coefficient (Wildman–Crippen LogP) is 3.47. The van der Waals surface area contributed by atoms with Crippen LogP contribution in [0.4, 0.5) is 5.00 Å². The number of halogens is 2. The average Bonchev–Trinajstić information content (AvgIpc) is 2.77. The molecule has 19 heavy (non-hydrogen) atoms. The van der Waals surface area contributed by atoms with Gasteiger partial charge in [-0.1, -0.05) is 35.3 Å². The van der Waals surface area contributed by atoms with Crippen molar-refractivity contribution in [3.63, 3.8) is 0 Å². The van der Waals surface area contributed by atoms with E-state index in [1.165, 1.54) is 0 Å². The number of aliphatic hydroxyl groups is 1. The van der Waals surface area contributed by atoms with Crippen LogP contribution in [0.5, 0.6) is 0 Å². The van der Waals surface area contributed by atoms with Gasteiger partial charge in [0.25, 0.3) is 0 Å². The number of hydrogen-bond acceptors (Lipinski definition) is 5. The number of hydrogen-bond donors (Lipinski definition) is 2. The van der Waals surface area contributed by atoms with Gasteiger partial charge >= 0.3 is 0 Å². The summed E-state index contributed by atoms with van der Waals surface area (Å²) in [5.41, 5.74) is 1.04. The second kappa shape index (κ2) is 6.22. The van der Waals surface area contributed by atoms with E-state index in [1.54, 1.807) is 24.3 Å². The SMILES string of the molecule is N#Cc1c(Cl)nsc1NC[C@@H](O)c1ccc(Cl)cc1. The smallest absolute Gasteiger partial charge is 0.162 e. The Hall–Kier alpha value is -1.32. The van der Waals surface area contributed by atoms with Crippen LogP contribution in [-0.2, 0) is 0 Å². The molecule has 0 spiro atoms. The molecule has 2 aromatic rings. The molecule has 1 atom stereocenters. The second-order valence-electron chi connectivity index (χ2n) is 3.74. The third kappa shape index (κ3) is 3.37.